The van der Waals surface area contributed by atoms with Gasteiger partial charge in [-0.25, -0.2) is 0 Å². The van der Waals surface area contributed by atoms with Crippen molar-refractivity contribution in [1.82, 2.24) is 29.7 Å². The van der Waals surface area contributed by atoms with E-state index >= 15 is 0 Å². The van der Waals surface area contributed by atoms with Gasteiger partial charge in [0.25, 0.3) is 0 Å². The Morgan fingerprint density at radius 2 is 1.61 bits per heavy atom. The Labute approximate surface area is 370 Å². The number of phenolic OH excluding ortho intramolecular Hbond substituents is 1. The number of para-hydroxylation sites is 1. The van der Waals surface area contributed by atoms with Gasteiger partial charge in [0.1, 0.15) is 17.5 Å². The first kappa shape index (κ1) is 43.3. The normalized spacial score (nSPS) is 28.7. The van der Waals surface area contributed by atoms with Crippen LogP contribution in [0.15, 0.2) is 52.4 Å². The summed E-state index contributed by atoms with van der Waals surface area (Å²) in [5.74, 6) is 4.43. The van der Waals surface area contributed by atoms with E-state index in [2.05, 4.69) is 61.4 Å². The number of benzene rings is 1. The number of hydrogen-bond donors (Lipinski definition) is 4. The molecule has 340 valence electrons. The van der Waals surface area contributed by atoms with E-state index in [0.29, 0.717) is 28.8 Å². The first-order valence-corrected chi connectivity index (χ1v) is 24.4. The molecule has 7 N–H and O–H groups in total. The molecule has 1 aromatic heterocycles. The number of nitrogens with zero attached hydrogens (tertiary/aromatic N) is 7. The Hall–Kier alpha value is -3.94. The lowest BCUT2D eigenvalue weighted by Crippen LogP contribution is -2.59. The van der Waals surface area contributed by atoms with Crippen LogP contribution in [0.25, 0.3) is 5.70 Å². The summed E-state index contributed by atoms with van der Waals surface area (Å²) in [4.78, 5) is 28.7. The lowest BCUT2D eigenvalue weighted by molar-refractivity contribution is -0.134. The summed E-state index contributed by atoms with van der Waals surface area (Å²) in [5, 5.41) is 14.9. The van der Waals surface area contributed by atoms with E-state index < -0.39 is 0 Å². The SMILES string of the molecule is CC(C)C(C(=O)N1CCCC1C)c1cc(N2CCC(CN3CCC4(CC3)CC(N3CCC5CCC6CN(C(/C=C(\N)c7ccccc7O)=C(N)N)CCN6CC5C3)C4)CC2)no1. The summed E-state index contributed by atoms with van der Waals surface area (Å²) in [6, 6.07) is 10.7. The highest BCUT2D eigenvalue weighted by Crippen LogP contribution is 2.52. The minimum atomic E-state index is -0.266. The van der Waals surface area contributed by atoms with Crippen LogP contribution >= 0.6 is 0 Å². The van der Waals surface area contributed by atoms with Gasteiger partial charge in [0.15, 0.2) is 11.6 Å². The number of aromatic hydroxyl groups is 1. The number of piperidine rings is 3. The summed E-state index contributed by atoms with van der Waals surface area (Å²) in [6.07, 6.45) is 15.7. The number of carbonyl (C=O) groups excluding carboxylic acids is 1. The molecule has 7 aliphatic rings. The molecule has 1 spiro atoms. The Bertz CT molecular complexity index is 1920. The first-order chi connectivity index (χ1) is 29.9. The number of fused-ring (bicyclic) bond motifs is 2. The van der Waals surface area contributed by atoms with Crippen LogP contribution in [0.3, 0.4) is 0 Å². The number of rotatable bonds is 10. The van der Waals surface area contributed by atoms with Crippen LogP contribution in [-0.2, 0) is 4.79 Å². The first-order valence-electron chi connectivity index (χ1n) is 24.4. The number of amides is 1. The predicted molar refractivity (Wildman–Crippen MR) is 246 cm³/mol. The second-order valence-corrected chi connectivity index (χ2v) is 21.1. The van der Waals surface area contributed by atoms with E-state index in [1.54, 1.807) is 12.1 Å². The largest absolute Gasteiger partial charge is 0.507 e. The quantitative estimate of drug-likeness (QED) is 0.226. The van der Waals surface area contributed by atoms with Crippen molar-refractivity contribution in [3.63, 3.8) is 0 Å². The van der Waals surface area contributed by atoms with Crippen molar-refractivity contribution in [1.29, 1.82) is 0 Å². The Morgan fingerprint density at radius 1 is 0.871 bits per heavy atom. The van der Waals surface area contributed by atoms with Crippen molar-refractivity contribution in [3.8, 4) is 5.75 Å². The fraction of sp³-hybridized carbons (Fsp3) is 0.714. The van der Waals surface area contributed by atoms with Gasteiger partial charge >= 0.3 is 0 Å². The average Bonchev–Trinajstić information content (AvgIpc) is 3.87. The molecule has 0 radical (unpaired) electrons. The summed E-state index contributed by atoms with van der Waals surface area (Å²) in [6.45, 7) is 19.5. The number of hydrogen-bond acceptors (Lipinski definition) is 12. The average molecular weight is 853 g/mol. The van der Waals surface area contributed by atoms with Gasteiger partial charge in [-0.1, -0.05) is 31.1 Å². The van der Waals surface area contributed by atoms with E-state index in [1.807, 2.05) is 18.2 Å². The van der Waals surface area contributed by atoms with Crippen molar-refractivity contribution in [2.45, 2.75) is 115 Å². The molecule has 1 amide bonds. The van der Waals surface area contributed by atoms with Gasteiger partial charge < -0.3 is 51.3 Å². The second kappa shape index (κ2) is 18.3. The summed E-state index contributed by atoms with van der Waals surface area (Å²) < 4.78 is 5.90. The maximum atomic E-state index is 13.6. The highest BCUT2D eigenvalue weighted by atomic mass is 16.5. The number of carbonyl (C=O) groups is 1. The van der Waals surface area contributed by atoms with E-state index in [1.165, 1.54) is 97.1 Å². The third-order valence-corrected chi connectivity index (χ3v) is 16.8. The number of nitrogens with two attached hydrogens (primary N) is 3. The number of anilines is 1. The fourth-order valence-electron chi connectivity index (χ4n) is 12.9. The molecule has 6 saturated heterocycles. The van der Waals surface area contributed by atoms with Gasteiger partial charge in [-0.3, -0.25) is 9.69 Å². The zero-order valence-corrected chi connectivity index (χ0v) is 38.0. The van der Waals surface area contributed by atoms with Crippen LogP contribution in [0.2, 0.25) is 0 Å². The van der Waals surface area contributed by atoms with Gasteiger partial charge in [-0.2, -0.15) is 0 Å². The highest BCUT2D eigenvalue weighted by Gasteiger charge is 2.50. The molecule has 1 aliphatic carbocycles. The number of piperazine rings is 1. The summed E-state index contributed by atoms with van der Waals surface area (Å²) in [7, 11) is 0. The third-order valence-electron chi connectivity index (χ3n) is 16.8. The second-order valence-electron chi connectivity index (χ2n) is 21.1. The molecule has 5 atom stereocenters. The van der Waals surface area contributed by atoms with E-state index in [9.17, 15) is 9.90 Å². The van der Waals surface area contributed by atoms with Crippen LogP contribution in [0.1, 0.15) is 109 Å². The Morgan fingerprint density at radius 3 is 2.31 bits per heavy atom. The van der Waals surface area contributed by atoms with E-state index in [0.717, 1.165) is 93.2 Å². The highest BCUT2D eigenvalue weighted by molar-refractivity contribution is 5.84. The van der Waals surface area contributed by atoms with Crippen LogP contribution in [0, 0.1) is 29.1 Å². The summed E-state index contributed by atoms with van der Waals surface area (Å²) in [5.41, 5.74) is 21.4. The molecule has 7 fully saturated rings. The van der Waals surface area contributed by atoms with E-state index in [-0.39, 0.29) is 29.3 Å². The molecule has 1 saturated carbocycles. The lowest BCUT2D eigenvalue weighted by Gasteiger charge is -2.57. The summed E-state index contributed by atoms with van der Waals surface area (Å²) >= 11 is 0. The molecule has 62 heavy (non-hydrogen) atoms. The van der Waals surface area contributed by atoms with Crippen molar-refractivity contribution in [2.24, 2.45) is 46.3 Å². The zero-order valence-electron chi connectivity index (χ0n) is 38.0. The van der Waals surface area contributed by atoms with Crippen LogP contribution in [0.4, 0.5) is 5.82 Å². The molecule has 7 heterocycles. The topological polar surface area (TPSA) is 161 Å². The maximum Gasteiger partial charge on any atom is 0.233 e. The lowest BCUT2D eigenvalue weighted by atomic mass is 9.59. The fourth-order valence-corrected chi connectivity index (χ4v) is 12.9. The molecule has 0 bridgehead atoms. The molecule has 13 heteroatoms. The van der Waals surface area contributed by atoms with Crippen molar-refractivity contribution in [3.05, 3.63) is 59.2 Å². The van der Waals surface area contributed by atoms with Crippen molar-refractivity contribution < 1.29 is 14.4 Å². The minimum absolute atomic E-state index is 0.154. The minimum Gasteiger partial charge on any atom is -0.507 e. The van der Waals surface area contributed by atoms with Crippen molar-refractivity contribution in [2.75, 3.05) is 83.4 Å². The molecular weight excluding hydrogens is 777 g/mol. The van der Waals surface area contributed by atoms with Crippen molar-refractivity contribution >= 4 is 17.4 Å². The van der Waals surface area contributed by atoms with Crippen LogP contribution in [-0.4, -0.2) is 137 Å². The third kappa shape index (κ3) is 9.05. The van der Waals surface area contributed by atoms with Gasteiger partial charge in [0.2, 0.25) is 5.91 Å². The smallest absolute Gasteiger partial charge is 0.233 e. The zero-order chi connectivity index (χ0) is 43.1. The standard InChI is InChI=1S/C49H76N10O3/c1-33(2)46(48(61)59-17-6-7-34(59)3)44-26-45(53-62-44)55-18-12-35(13-19-55)29-54-21-15-49(16-22-54)27-39(28-49)56-20-14-36-10-11-38-32-58(24-23-57(38)31-37(36)30-56)42(47(51)52)25-41(50)40-8-4-5-9-43(40)60/h4-5,8-9,25-26,33-39,46,60H,6-7,10-24,27-32,50-52H2,1-3H3/b41-25-. The molecular formula is C49H76N10O3. The van der Waals surface area contributed by atoms with Gasteiger partial charge in [0.05, 0.1) is 5.70 Å². The predicted octanol–water partition coefficient (Wildman–Crippen LogP) is 5.40. The number of phenols is 1. The Balaban J connectivity index is 0.707. The van der Waals surface area contributed by atoms with Gasteiger partial charge in [-0.15, -0.1) is 0 Å². The number of likely N-dealkylation sites (tertiary alicyclic amines) is 3. The molecule has 5 unspecified atom stereocenters. The number of allylic oxidation sites excluding steroid dienone is 1. The van der Waals surface area contributed by atoms with Gasteiger partial charge in [-0.05, 0) is 144 Å². The molecule has 6 aliphatic heterocycles. The number of aromatic nitrogens is 1. The molecule has 9 rings (SSSR count). The van der Waals surface area contributed by atoms with E-state index in [4.69, 9.17) is 21.7 Å². The monoisotopic (exact) mass is 853 g/mol. The van der Waals surface area contributed by atoms with Gasteiger partial charge in [0, 0.05) is 94.4 Å². The van der Waals surface area contributed by atoms with Crippen LogP contribution in [0.5, 0.6) is 5.75 Å². The Kier molecular flexibility index (Phi) is 12.8. The molecule has 13 nitrogen and oxygen atoms in total. The molecule has 1 aromatic carbocycles. The molecule has 2 aromatic rings. The van der Waals surface area contributed by atoms with Crippen LogP contribution < -0.4 is 22.1 Å². The maximum absolute atomic E-state index is 13.6.